The Bertz CT molecular complexity index is 450. The van der Waals surface area contributed by atoms with Gasteiger partial charge in [0.2, 0.25) is 0 Å². The second kappa shape index (κ2) is 4.78. The third-order valence-electron chi connectivity index (χ3n) is 7.64. The molecule has 4 aliphatic rings. The van der Waals surface area contributed by atoms with Crippen molar-refractivity contribution in [2.24, 2.45) is 35.0 Å². The molecule has 0 heterocycles. The van der Waals surface area contributed by atoms with Crippen molar-refractivity contribution in [3.05, 3.63) is 0 Å². The number of alkyl halides is 1. The van der Waals surface area contributed by atoms with E-state index < -0.39 is 6.17 Å². The minimum Gasteiger partial charge on any atom is -0.393 e. The lowest BCUT2D eigenvalue weighted by atomic mass is 9.50. The van der Waals surface area contributed by atoms with Crippen molar-refractivity contribution in [3.8, 4) is 0 Å². The Morgan fingerprint density at radius 2 is 1.95 bits per heavy atom. The van der Waals surface area contributed by atoms with E-state index >= 15 is 4.39 Å². The lowest BCUT2D eigenvalue weighted by Gasteiger charge is -2.56. The quantitative estimate of drug-likeness (QED) is 0.742. The molecule has 0 radical (unpaired) electrons. The highest BCUT2D eigenvalue weighted by molar-refractivity contribution is 5.79. The SMILES string of the molecule is C[C@]12CC([18F])C3C(CC[C@H]4CC(=O)CC[C@H]34)C1CC[C@@H]2O. The summed E-state index contributed by atoms with van der Waals surface area (Å²) in [5, 5.41) is 10.3. The van der Waals surface area contributed by atoms with Gasteiger partial charge in [0.25, 0.3) is 0 Å². The van der Waals surface area contributed by atoms with Crippen molar-refractivity contribution in [2.45, 2.75) is 70.6 Å². The number of rotatable bonds is 0. The van der Waals surface area contributed by atoms with Crippen molar-refractivity contribution >= 4 is 5.78 Å². The van der Waals surface area contributed by atoms with Crippen LogP contribution < -0.4 is 0 Å². The Morgan fingerprint density at radius 3 is 2.76 bits per heavy atom. The molecule has 0 spiro atoms. The van der Waals surface area contributed by atoms with Crippen LogP contribution in [0.5, 0.6) is 0 Å². The molecule has 0 aromatic rings. The molecule has 21 heavy (non-hydrogen) atoms. The summed E-state index contributed by atoms with van der Waals surface area (Å²) < 4.78 is 15.0. The van der Waals surface area contributed by atoms with E-state index in [0.717, 1.165) is 32.1 Å². The highest BCUT2D eigenvalue weighted by Gasteiger charge is 2.60. The molecule has 118 valence electrons. The van der Waals surface area contributed by atoms with Crippen LogP contribution in [0.25, 0.3) is 0 Å². The summed E-state index contributed by atoms with van der Waals surface area (Å²) in [7, 11) is 0. The molecule has 0 aromatic heterocycles. The van der Waals surface area contributed by atoms with Crippen molar-refractivity contribution in [3.63, 3.8) is 0 Å². The minimum absolute atomic E-state index is 0.167. The first kappa shape index (κ1) is 14.2. The number of Topliss-reactive ketones (excluding diaryl/α,β-unsaturated/α-hetero) is 1. The molecule has 4 fully saturated rings. The maximum absolute atomic E-state index is 15.0. The lowest BCUT2D eigenvalue weighted by Crippen LogP contribution is -2.54. The third-order valence-corrected chi connectivity index (χ3v) is 7.64. The Balaban J connectivity index is 1.63. The molecule has 4 rings (SSSR count). The Kier molecular flexibility index (Phi) is 3.22. The molecule has 0 saturated heterocycles. The van der Waals surface area contributed by atoms with E-state index in [1.807, 2.05) is 0 Å². The number of hydrogen-bond acceptors (Lipinski definition) is 2. The highest BCUT2D eigenvalue weighted by Crippen LogP contribution is 2.62. The molecule has 0 bridgehead atoms. The molecule has 1 N–H and O–H groups in total. The first-order valence-electron chi connectivity index (χ1n) is 8.84. The van der Waals surface area contributed by atoms with Crippen molar-refractivity contribution in [1.82, 2.24) is 0 Å². The van der Waals surface area contributed by atoms with Crippen LogP contribution in [0.4, 0.5) is 4.39 Å². The number of ketones is 1. The number of fused-ring (bicyclic) bond motifs is 5. The fraction of sp³-hybridized carbons (Fsp3) is 0.944. The number of carbonyl (C=O) groups is 1. The average Bonchev–Trinajstić information content (AvgIpc) is 2.74. The van der Waals surface area contributed by atoms with E-state index in [9.17, 15) is 9.90 Å². The van der Waals surface area contributed by atoms with Crippen LogP contribution in [-0.2, 0) is 4.79 Å². The highest BCUT2D eigenvalue weighted by atomic mass is 18.2. The maximum Gasteiger partial charge on any atom is 0.133 e. The number of carbonyl (C=O) groups excluding carboxylic acids is 1. The van der Waals surface area contributed by atoms with Gasteiger partial charge in [-0.3, -0.25) is 4.79 Å². The van der Waals surface area contributed by atoms with E-state index in [1.54, 1.807) is 0 Å². The summed E-state index contributed by atoms with van der Waals surface area (Å²) in [6.07, 6.45) is 5.84. The van der Waals surface area contributed by atoms with E-state index in [-0.39, 0.29) is 17.4 Å². The zero-order chi connectivity index (χ0) is 14.8. The number of hydrogen-bond donors (Lipinski definition) is 1. The van der Waals surface area contributed by atoms with Gasteiger partial charge in [0, 0.05) is 12.8 Å². The summed E-state index contributed by atoms with van der Waals surface area (Å²) in [6, 6.07) is 0. The molecule has 2 nitrogen and oxygen atoms in total. The van der Waals surface area contributed by atoms with Crippen molar-refractivity contribution in [1.29, 1.82) is 0 Å². The zero-order valence-corrected chi connectivity index (χ0v) is 12.9. The minimum atomic E-state index is -0.773. The van der Waals surface area contributed by atoms with Gasteiger partial charge in [0.15, 0.2) is 0 Å². The van der Waals surface area contributed by atoms with Crippen LogP contribution in [0.1, 0.15) is 58.3 Å². The summed E-state index contributed by atoms with van der Waals surface area (Å²) >= 11 is 0. The van der Waals surface area contributed by atoms with E-state index in [4.69, 9.17) is 0 Å². The van der Waals surface area contributed by atoms with Crippen LogP contribution in [0.3, 0.4) is 0 Å². The topological polar surface area (TPSA) is 37.3 Å². The Hall–Kier alpha value is -0.440. The second-order valence-electron chi connectivity index (χ2n) is 8.45. The first-order valence-corrected chi connectivity index (χ1v) is 8.84. The van der Waals surface area contributed by atoms with E-state index in [0.29, 0.717) is 48.7 Å². The molecule has 8 atom stereocenters. The van der Waals surface area contributed by atoms with Crippen LogP contribution in [0.2, 0.25) is 0 Å². The number of aliphatic hydroxyl groups excluding tert-OH is 1. The van der Waals surface area contributed by atoms with Gasteiger partial charge in [-0.1, -0.05) is 6.92 Å². The molecule has 4 saturated carbocycles. The predicted octanol–water partition coefficient (Wildman–Crippen LogP) is 3.52. The Labute approximate surface area is 126 Å². The fourth-order valence-electron chi connectivity index (χ4n) is 6.65. The van der Waals surface area contributed by atoms with Gasteiger partial charge in [0.1, 0.15) is 12.0 Å². The number of aliphatic hydroxyl groups is 1. The second-order valence-corrected chi connectivity index (χ2v) is 8.45. The normalized spacial score (nSPS) is 56.5. The maximum atomic E-state index is 15.0. The predicted molar refractivity (Wildman–Crippen MR) is 78.4 cm³/mol. The largest absolute Gasteiger partial charge is 0.393 e. The molecule has 3 heteroatoms. The van der Waals surface area contributed by atoms with Crippen molar-refractivity contribution in [2.75, 3.05) is 0 Å². The van der Waals surface area contributed by atoms with Gasteiger partial charge in [-0.05, 0) is 73.5 Å². The summed E-state index contributed by atoms with van der Waals surface area (Å²) in [6.45, 7) is 2.12. The molecular formula is C18H27FO2. The molecule has 0 amide bonds. The van der Waals surface area contributed by atoms with Crippen LogP contribution in [-0.4, -0.2) is 23.2 Å². The summed E-state index contributed by atoms with van der Waals surface area (Å²) in [4.78, 5) is 11.7. The number of halogens is 1. The standard InChI is InChI=1S/C18H27FO2/c1-18-9-15(19)17-12-5-3-11(20)8-10(12)2-4-13(17)14(18)6-7-16(18)21/h10,12-17,21H,2-9H2,1H3/t10-,12-,13?,14?,15?,16-,17?,18-/m0/s1/i19-1. The van der Waals surface area contributed by atoms with Crippen LogP contribution in [0.15, 0.2) is 0 Å². The monoisotopic (exact) mass is 293 g/mol. The fourth-order valence-corrected chi connectivity index (χ4v) is 6.65. The molecule has 4 unspecified atom stereocenters. The Morgan fingerprint density at radius 1 is 1.14 bits per heavy atom. The van der Waals surface area contributed by atoms with Gasteiger partial charge in [-0.2, -0.15) is 0 Å². The lowest BCUT2D eigenvalue weighted by molar-refractivity contribution is -0.136. The van der Waals surface area contributed by atoms with E-state index in [1.165, 1.54) is 0 Å². The van der Waals surface area contributed by atoms with Gasteiger partial charge in [-0.25, -0.2) is 4.39 Å². The van der Waals surface area contributed by atoms with Gasteiger partial charge in [0.05, 0.1) is 6.10 Å². The molecular weight excluding hydrogens is 266 g/mol. The van der Waals surface area contributed by atoms with Crippen LogP contribution in [0, 0.1) is 35.0 Å². The summed E-state index contributed by atoms with van der Waals surface area (Å²) in [5.41, 5.74) is -0.197. The summed E-state index contributed by atoms with van der Waals surface area (Å²) in [5.74, 6) is 2.39. The van der Waals surface area contributed by atoms with Gasteiger partial charge in [-0.15, -0.1) is 0 Å². The van der Waals surface area contributed by atoms with Crippen molar-refractivity contribution < 1.29 is 14.3 Å². The smallest absolute Gasteiger partial charge is 0.133 e. The van der Waals surface area contributed by atoms with Crippen LogP contribution >= 0.6 is 0 Å². The van der Waals surface area contributed by atoms with E-state index in [2.05, 4.69) is 6.92 Å². The zero-order valence-electron chi connectivity index (χ0n) is 12.9. The molecule has 4 aliphatic carbocycles. The molecule has 0 aromatic carbocycles. The van der Waals surface area contributed by atoms with Gasteiger partial charge < -0.3 is 5.11 Å². The average molecular weight is 293 g/mol. The molecule has 0 aliphatic heterocycles. The first-order chi connectivity index (χ1) is 10.0. The third kappa shape index (κ3) is 1.95. The van der Waals surface area contributed by atoms with Gasteiger partial charge >= 0.3 is 0 Å².